The molecule has 0 aliphatic heterocycles. The summed E-state index contributed by atoms with van der Waals surface area (Å²) in [6.07, 6.45) is 1.73. The van der Waals surface area contributed by atoms with Crippen molar-refractivity contribution in [2.24, 2.45) is 0 Å². The lowest BCUT2D eigenvalue weighted by Crippen LogP contribution is -2.29. The largest absolute Gasteiger partial charge is 0.342 e. The summed E-state index contributed by atoms with van der Waals surface area (Å²) in [5, 5.41) is 7.14. The molecule has 0 bridgehead atoms. The number of aryl methyl sites for hydroxylation is 3. The van der Waals surface area contributed by atoms with Crippen LogP contribution < -0.4 is 5.56 Å². The highest BCUT2D eigenvalue weighted by Gasteiger charge is 2.13. The van der Waals surface area contributed by atoms with Gasteiger partial charge in [-0.25, -0.2) is 0 Å². The fraction of sp³-hybridized carbons (Fsp3) is 0.438. The van der Waals surface area contributed by atoms with Crippen molar-refractivity contribution in [1.29, 1.82) is 0 Å². The topological polar surface area (TPSA) is 81.8 Å². The number of rotatable bonds is 5. The molecule has 118 valence electrons. The molecule has 0 fully saturated rings. The third-order valence-corrected chi connectivity index (χ3v) is 3.77. The number of hydrogen-bond donors (Lipinski definition) is 2. The summed E-state index contributed by atoms with van der Waals surface area (Å²) >= 11 is 0. The van der Waals surface area contributed by atoms with Crippen molar-refractivity contribution in [3.05, 3.63) is 50.7 Å². The lowest BCUT2D eigenvalue weighted by Gasteiger charge is -2.17. The molecule has 0 aliphatic rings. The third kappa shape index (κ3) is 3.63. The number of carbonyl (C=O) groups excluding carboxylic acids is 1. The molecular formula is C16H22N4O2. The van der Waals surface area contributed by atoms with Gasteiger partial charge in [-0.15, -0.1) is 0 Å². The molecule has 1 amide bonds. The average Bonchev–Trinajstić information content (AvgIpc) is 2.77. The zero-order valence-electron chi connectivity index (χ0n) is 13.5. The second kappa shape index (κ2) is 6.60. The van der Waals surface area contributed by atoms with Gasteiger partial charge >= 0.3 is 0 Å². The summed E-state index contributed by atoms with van der Waals surface area (Å²) in [7, 11) is 1.76. The molecule has 0 aromatic carbocycles. The van der Waals surface area contributed by atoms with Gasteiger partial charge in [0.05, 0.1) is 5.69 Å². The van der Waals surface area contributed by atoms with Crippen molar-refractivity contribution in [1.82, 2.24) is 20.1 Å². The number of amides is 1. The van der Waals surface area contributed by atoms with Crippen LogP contribution >= 0.6 is 0 Å². The quantitative estimate of drug-likeness (QED) is 0.882. The van der Waals surface area contributed by atoms with Gasteiger partial charge in [-0.1, -0.05) is 0 Å². The van der Waals surface area contributed by atoms with Crippen molar-refractivity contribution in [3.63, 3.8) is 0 Å². The number of hydrogen-bond acceptors (Lipinski definition) is 3. The molecule has 2 rings (SSSR count). The summed E-state index contributed by atoms with van der Waals surface area (Å²) in [5.74, 6) is -0.130. The number of nitrogens with one attached hydrogen (secondary N) is 2. The molecule has 2 aromatic heterocycles. The Morgan fingerprint density at radius 1 is 1.27 bits per heavy atom. The van der Waals surface area contributed by atoms with E-state index in [4.69, 9.17) is 0 Å². The Morgan fingerprint density at radius 2 is 2.00 bits per heavy atom. The van der Waals surface area contributed by atoms with Crippen molar-refractivity contribution < 1.29 is 4.79 Å². The zero-order chi connectivity index (χ0) is 16.3. The minimum absolute atomic E-state index is 0.130. The van der Waals surface area contributed by atoms with Crippen molar-refractivity contribution >= 4 is 5.91 Å². The summed E-state index contributed by atoms with van der Waals surface area (Å²) in [6.45, 7) is 6.38. The normalized spacial score (nSPS) is 10.7. The second-order valence-corrected chi connectivity index (χ2v) is 5.66. The van der Waals surface area contributed by atoms with Gasteiger partial charge in [0.1, 0.15) is 0 Å². The van der Waals surface area contributed by atoms with E-state index in [2.05, 4.69) is 15.2 Å². The lowest BCUT2D eigenvalue weighted by atomic mass is 10.1. The number of aromatic nitrogens is 3. The molecule has 2 N–H and O–H groups in total. The Bertz CT molecular complexity index is 710. The van der Waals surface area contributed by atoms with Crippen LogP contribution in [0.4, 0.5) is 0 Å². The van der Waals surface area contributed by atoms with Gasteiger partial charge < -0.3 is 9.88 Å². The Morgan fingerprint density at radius 3 is 2.59 bits per heavy atom. The molecule has 2 aromatic rings. The average molecular weight is 302 g/mol. The number of aromatic amines is 2. The summed E-state index contributed by atoms with van der Waals surface area (Å²) in [5.41, 5.74) is 4.18. The first-order valence-electron chi connectivity index (χ1n) is 7.35. The summed E-state index contributed by atoms with van der Waals surface area (Å²) in [6, 6.07) is 3.04. The SMILES string of the molecule is Cc1cc(C(=O)N(C)CCCc2c(C)n[nH]c2C)cc(=O)[nH]1. The van der Waals surface area contributed by atoms with E-state index in [1.54, 1.807) is 24.9 Å². The zero-order valence-corrected chi connectivity index (χ0v) is 13.5. The van der Waals surface area contributed by atoms with Crippen molar-refractivity contribution in [2.75, 3.05) is 13.6 Å². The smallest absolute Gasteiger partial charge is 0.253 e. The van der Waals surface area contributed by atoms with Gasteiger partial charge in [0, 0.05) is 36.6 Å². The summed E-state index contributed by atoms with van der Waals surface area (Å²) in [4.78, 5) is 28.1. The maximum atomic E-state index is 12.3. The predicted octanol–water partition coefficient (Wildman–Crippen LogP) is 1.73. The van der Waals surface area contributed by atoms with Crippen LogP contribution in [0.2, 0.25) is 0 Å². The van der Waals surface area contributed by atoms with E-state index in [1.165, 1.54) is 11.6 Å². The van der Waals surface area contributed by atoms with Crippen LogP contribution in [-0.4, -0.2) is 39.6 Å². The van der Waals surface area contributed by atoms with Gasteiger partial charge in [-0.2, -0.15) is 5.10 Å². The Hall–Kier alpha value is -2.37. The Kier molecular flexibility index (Phi) is 4.80. The monoisotopic (exact) mass is 302 g/mol. The molecule has 0 radical (unpaired) electrons. The molecular weight excluding hydrogens is 280 g/mol. The van der Waals surface area contributed by atoms with E-state index < -0.39 is 0 Å². The molecule has 6 nitrogen and oxygen atoms in total. The lowest BCUT2D eigenvalue weighted by molar-refractivity contribution is 0.0793. The van der Waals surface area contributed by atoms with Gasteiger partial charge in [0.25, 0.3) is 5.91 Å². The number of carbonyl (C=O) groups is 1. The van der Waals surface area contributed by atoms with E-state index in [0.29, 0.717) is 17.8 Å². The van der Waals surface area contributed by atoms with E-state index in [-0.39, 0.29) is 11.5 Å². The molecule has 0 spiro atoms. The van der Waals surface area contributed by atoms with Crippen LogP contribution in [-0.2, 0) is 6.42 Å². The van der Waals surface area contributed by atoms with E-state index in [1.807, 2.05) is 13.8 Å². The van der Waals surface area contributed by atoms with Gasteiger partial charge in [-0.3, -0.25) is 14.7 Å². The van der Waals surface area contributed by atoms with E-state index in [0.717, 1.165) is 24.2 Å². The maximum absolute atomic E-state index is 12.3. The summed E-state index contributed by atoms with van der Waals surface area (Å²) < 4.78 is 0. The molecule has 0 saturated heterocycles. The highest BCUT2D eigenvalue weighted by atomic mass is 16.2. The molecule has 22 heavy (non-hydrogen) atoms. The van der Waals surface area contributed by atoms with Crippen LogP contribution in [0, 0.1) is 20.8 Å². The van der Waals surface area contributed by atoms with Crippen LogP contribution in [0.1, 0.15) is 39.4 Å². The standard InChI is InChI=1S/C16H22N4O2/c1-10-8-13(9-15(21)17-10)16(22)20(4)7-5-6-14-11(2)18-19-12(14)3/h8-9H,5-7H2,1-4H3,(H,17,21)(H,18,19). The fourth-order valence-corrected chi connectivity index (χ4v) is 2.56. The van der Waals surface area contributed by atoms with E-state index >= 15 is 0 Å². The minimum atomic E-state index is -0.249. The Balaban J connectivity index is 1.96. The molecule has 0 atom stereocenters. The van der Waals surface area contributed by atoms with Gasteiger partial charge in [-0.05, 0) is 45.2 Å². The number of pyridine rings is 1. The van der Waals surface area contributed by atoms with Gasteiger partial charge in [0.2, 0.25) is 5.56 Å². The molecule has 0 saturated carbocycles. The van der Waals surface area contributed by atoms with Gasteiger partial charge in [0.15, 0.2) is 0 Å². The van der Waals surface area contributed by atoms with Crippen LogP contribution in [0.5, 0.6) is 0 Å². The first kappa shape index (κ1) is 16.0. The molecule has 6 heteroatoms. The predicted molar refractivity (Wildman–Crippen MR) is 85.1 cm³/mol. The highest BCUT2D eigenvalue weighted by Crippen LogP contribution is 2.12. The van der Waals surface area contributed by atoms with Crippen molar-refractivity contribution in [3.8, 4) is 0 Å². The molecule has 0 unspecified atom stereocenters. The third-order valence-electron chi connectivity index (χ3n) is 3.77. The van der Waals surface area contributed by atoms with Crippen LogP contribution in [0.25, 0.3) is 0 Å². The minimum Gasteiger partial charge on any atom is -0.342 e. The maximum Gasteiger partial charge on any atom is 0.253 e. The highest BCUT2D eigenvalue weighted by molar-refractivity contribution is 5.94. The number of H-pyrrole nitrogens is 2. The molecule has 2 heterocycles. The fourth-order valence-electron chi connectivity index (χ4n) is 2.56. The number of nitrogens with zero attached hydrogens (tertiary/aromatic N) is 2. The molecule has 0 aliphatic carbocycles. The van der Waals surface area contributed by atoms with Crippen molar-refractivity contribution in [2.45, 2.75) is 33.6 Å². The van der Waals surface area contributed by atoms with E-state index in [9.17, 15) is 9.59 Å². The second-order valence-electron chi connectivity index (χ2n) is 5.66. The van der Waals surface area contributed by atoms with Crippen LogP contribution in [0.3, 0.4) is 0 Å². The van der Waals surface area contributed by atoms with Crippen LogP contribution in [0.15, 0.2) is 16.9 Å². The first-order valence-corrected chi connectivity index (χ1v) is 7.35. The first-order chi connectivity index (χ1) is 10.4. The Labute approximate surface area is 129 Å².